The second-order valence-corrected chi connectivity index (χ2v) is 5.04. The monoisotopic (exact) mass is 269 g/mol. The number of halogens is 1. The maximum absolute atomic E-state index is 9.57. The Kier molecular flexibility index (Phi) is 3.65. The third-order valence-corrected chi connectivity index (χ3v) is 3.66. The molecule has 0 radical (unpaired) electrons. The largest absolute Gasteiger partial charge is 0.507 e. The molecule has 1 heterocycles. The predicted molar refractivity (Wildman–Crippen MR) is 65.1 cm³/mol. The van der Waals surface area contributed by atoms with Gasteiger partial charge in [0.25, 0.3) is 0 Å². The maximum atomic E-state index is 9.57. The zero-order chi connectivity index (χ0) is 10.7. The molecular formula is C12H16BrNO. The summed E-state index contributed by atoms with van der Waals surface area (Å²) in [6, 6.07) is 5.88. The van der Waals surface area contributed by atoms with E-state index in [0.29, 0.717) is 5.75 Å². The van der Waals surface area contributed by atoms with Gasteiger partial charge in [-0.05, 0) is 71.9 Å². The molecule has 0 amide bonds. The second-order valence-electron chi connectivity index (χ2n) is 4.18. The van der Waals surface area contributed by atoms with E-state index >= 15 is 0 Å². The van der Waals surface area contributed by atoms with Gasteiger partial charge in [-0.15, -0.1) is 0 Å². The molecule has 0 aliphatic carbocycles. The van der Waals surface area contributed by atoms with Crippen LogP contribution in [0, 0.1) is 5.92 Å². The van der Waals surface area contributed by atoms with Crippen LogP contribution in [-0.4, -0.2) is 18.2 Å². The summed E-state index contributed by atoms with van der Waals surface area (Å²) in [5.74, 6) is 1.12. The van der Waals surface area contributed by atoms with Gasteiger partial charge in [-0.25, -0.2) is 0 Å². The number of aromatic hydroxyl groups is 1. The molecule has 0 saturated carbocycles. The summed E-state index contributed by atoms with van der Waals surface area (Å²) in [5.41, 5.74) is 1.24. The number of rotatable bonds is 2. The Morgan fingerprint density at radius 1 is 1.33 bits per heavy atom. The fourth-order valence-corrected chi connectivity index (χ4v) is 2.35. The number of hydrogen-bond acceptors (Lipinski definition) is 2. The van der Waals surface area contributed by atoms with Gasteiger partial charge in [-0.2, -0.15) is 0 Å². The zero-order valence-corrected chi connectivity index (χ0v) is 10.3. The van der Waals surface area contributed by atoms with Crippen LogP contribution < -0.4 is 5.32 Å². The minimum Gasteiger partial charge on any atom is -0.507 e. The van der Waals surface area contributed by atoms with Crippen molar-refractivity contribution in [2.75, 3.05) is 13.1 Å². The van der Waals surface area contributed by atoms with Crippen molar-refractivity contribution in [2.45, 2.75) is 19.3 Å². The fraction of sp³-hybridized carbons (Fsp3) is 0.500. The van der Waals surface area contributed by atoms with Crippen molar-refractivity contribution in [1.82, 2.24) is 5.32 Å². The SMILES string of the molecule is Oc1cc(CC2CCNCC2)ccc1Br. The smallest absolute Gasteiger partial charge is 0.130 e. The highest BCUT2D eigenvalue weighted by molar-refractivity contribution is 9.10. The lowest BCUT2D eigenvalue weighted by Gasteiger charge is -2.22. The summed E-state index contributed by atoms with van der Waals surface area (Å²) in [6.07, 6.45) is 3.58. The molecule has 82 valence electrons. The lowest BCUT2D eigenvalue weighted by atomic mass is 9.91. The normalized spacial score (nSPS) is 17.9. The van der Waals surface area contributed by atoms with Gasteiger partial charge in [0, 0.05) is 0 Å². The Morgan fingerprint density at radius 3 is 2.73 bits per heavy atom. The van der Waals surface area contributed by atoms with Crippen molar-refractivity contribution in [3.63, 3.8) is 0 Å². The van der Waals surface area contributed by atoms with Crippen LogP contribution in [-0.2, 0) is 6.42 Å². The lowest BCUT2D eigenvalue weighted by molar-refractivity contribution is 0.372. The van der Waals surface area contributed by atoms with Gasteiger partial charge in [0.15, 0.2) is 0 Å². The molecule has 0 spiro atoms. The highest BCUT2D eigenvalue weighted by Gasteiger charge is 2.13. The Hall–Kier alpha value is -0.540. The zero-order valence-electron chi connectivity index (χ0n) is 8.67. The summed E-state index contributed by atoms with van der Waals surface area (Å²) in [4.78, 5) is 0. The molecular weight excluding hydrogens is 254 g/mol. The average molecular weight is 270 g/mol. The predicted octanol–water partition coefficient (Wildman–Crippen LogP) is 2.70. The molecule has 2 rings (SSSR count). The molecule has 2 N–H and O–H groups in total. The fourth-order valence-electron chi connectivity index (χ4n) is 2.10. The van der Waals surface area contributed by atoms with Crippen LogP contribution in [0.3, 0.4) is 0 Å². The van der Waals surface area contributed by atoms with Crippen LogP contribution >= 0.6 is 15.9 Å². The van der Waals surface area contributed by atoms with Gasteiger partial charge in [0.05, 0.1) is 4.47 Å². The van der Waals surface area contributed by atoms with E-state index in [1.807, 2.05) is 12.1 Å². The molecule has 1 fully saturated rings. The number of nitrogens with one attached hydrogen (secondary N) is 1. The summed E-state index contributed by atoms with van der Waals surface area (Å²) in [6.45, 7) is 2.26. The van der Waals surface area contributed by atoms with Crippen molar-refractivity contribution in [3.8, 4) is 5.75 Å². The Morgan fingerprint density at radius 2 is 2.07 bits per heavy atom. The van der Waals surface area contributed by atoms with E-state index in [1.165, 1.54) is 18.4 Å². The summed E-state index contributed by atoms with van der Waals surface area (Å²) in [5, 5.41) is 12.9. The molecule has 1 aromatic carbocycles. The molecule has 2 nitrogen and oxygen atoms in total. The molecule has 0 bridgehead atoms. The first-order valence-corrected chi connectivity index (χ1v) is 6.23. The number of phenols is 1. The third-order valence-electron chi connectivity index (χ3n) is 2.99. The first-order valence-electron chi connectivity index (χ1n) is 5.44. The molecule has 15 heavy (non-hydrogen) atoms. The molecule has 1 saturated heterocycles. The van der Waals surface area contributed by atoms with Crippen molar-refractivity contribution in [2.24, 2.45) is 5.92 Å². The summed E-state index contributed by atoms with van der Waals surface area (Å²) < 4.78 is 0.775. The topological polar surface area (TPSA) is 32.3 Å². The van der Waals surface area contributed by atoms with Gasteiger partial charge in [0.2, 0.25) is 0 Å². The molecule has 0 aromatic heterocycles. The van der Waals surface area contributed by atoms with Gasteiger partial charge in [-0.3, -0.25) is 0 Å². The summed E-state index contributed by atoms with van der Waals surface area (Å²) >= 11 is 3.29. The van der Waals surface area contributed by atoms with Gasteiger partial charge >= 0.3 is 0 Å². The quantitative estimate of drug-likeness (QED) is 0.866. The average Bonchev–Trinajstić information content (AvgIpc) is 2.25. The van der Waals surface area contributed by atoms with Crippen LogP contribution in [0.25, 0.3) is 0 Å². The molecule has 3 heteroatoms. The molecule has 0 unspecified atom stereocenters. The van der Waals surface area contributed by atoms with E-state index in [9.17, 15) is 5.11 Å². The third kappa shape index (κ3) is 2.95. The van der Waals surface area contributed by atoms with E-state index in [4.69, 9.17) is 0 Å². The molecule has 1 aliphatic heterocycles. The number of hydrogen-bond donors (Lipinski definition) is 2. The molecule has 0 atom stereocenters. The molecule has 1 aliphatic rings. The van der Waals surface area contributed by atoms with E-state index in [2.05, 4.69) is 27.3 Å². The first kappa shape index (κ1) is 11.0. The van der Waals surface area contributed by atoms with Crippen molar-refractivity contribution >= 4 is 15.9 Å². The Labute approximate surface area is 98.8 Å². The number of piperidine rings is 1. The highest BCUT2D eigenvalue weighted by Crippen LogP contribution is 2.26. The van der Waals surface area contributed by atoms with Crippen LogP contribution in [0.2, 0.25) is 0 Å². The van der Waals surface area contributed by atoms with Gasteiger partial charge in [0.1, 0.15) is 5.75 Å². The van der Waals surface area contributed by atoms with Crippen LogP contribution in [0.1, 0.15) is 18.4 Å². The van der Waals surface area contributed by atoms with Crippen molar-refractivity contribution in [1.29, 1.82) is 0 Å². The second kappa shape index (κ2) is 4.99. The van der Waals surface area contributed by atoms with E-state index < -0.39 is 0 Å². The number of benzene rings is 1. The Balaban J connectivity index is 2.00. The molecule has 1 aromatic rings. The summed E-state index contributed by atoms with van der Waals surface area (Å²) in [7, 11) is 0. The van der Waals surface area contributed by atoms with E-state index in [-0.39, 0.29) is 0 Å². The Bertz CT molecular complexity index is 334. The van der Waals surface area contributed by atoms with E-state index in [0.717, 1.165) is 29.9 Å². The van der Waals surface area contributed by atoms with Gasteiger partial charge < -0.3 is 10.4 Å². The first-order chi connectivity index (χ1) is 7.25. The minimum absolute atomic E-state index is 0.349. The lowest BCUT2D eigenvalue weighted by Crippen LogP contribution is -2.28. The van der Waals surface area contributed by atoms with Crippen LogP contribution in [0.4, 0.5) is 0 Å². The minimum atomic E-state index is 0.349. The highest BCUT2D eigenvalue weighted by atomic mass is 79.9. The van der Waals surface area contributed by atoms with Crippen LogP contribution in [0.15, 0.2) is 22.7 Å². The standard InChI is InChI=1S/C12H16BrNO/c13-11-2-1-10(8-12(11)15)7-9-3-5-14-6-4-9/h1-2,8-9,14-15H,3-7H2. The van der Waals surface area contributed by atoms with Crippen molar-refractivity contribution < 1.29 is 5.11 Å². The van der Waals surface area contributed by atoms with Gasteiger partial charge in [-0.1, -0.05) is 6.07 Å². The number of phenolic OH excluding ortho intramolecular Hbond substituents is 1. The van der Waals surface area contributed by atoms with E-state index in [1.54, 1.807) is 0 Å². The van der Waals surface area contributed by atoms with Crippen LogP contribution in [0.5, 0.6) is 5.75 Å². The van der Waals surface area contributed by atoms with Crippen molar-refractivity contribution in [3.05, 3.63) is 28.2 Å². The maximum Gasteiger partial charge on any atom is 0.130 e.